The van der Waals surface area contributed by atoms with Crippen LogP contribution in [-0.2, 0) is 16.0 Å². The zero-order chi connectivity index (χ0) is 10.1. The van der Waals surface area contributed by atoms with Gasteiger partial charge in [0, 0.05) is 5.69 Å². The van der Waals surface area contributed by atoms with E-state index < -0.39 is 0 Å². The van der Waals surface area contributed by atoms with Gasteiger partial charge >= 0.3 is 5.97 Å². The number of aryl methyl sites for hydroxylation is 1. The fourth-order valence-electron chi connectivity index (χ4n) is 2.01. The number of ether oxygens (including phenoxy) is 1. The number of carbonyl (C=O) groups is 1. The SMILES string of the molecule is COC(=O)C1CCc2ccc(N)cc21. The second-order valence-electron chi connectivity index (χ2n) is 3.57. The predicted octanol–water partition coefficient (Wildman–Crippen LogP) is 1.47. The molecule has 0 heterocycles. The lowest BCUT2D eigenvalue weighted by Gasteiger charge is -2.08. The fraction of sp³-hybridized carbons (Fsp3) is 0.364. The second-order valence-corrected chi connectivity index (χ2v) is 3.57. The Morgan fingerprint density at radius 3 is 3.07 bits per heavy atom. The van der Waals surface area contributed by atoms with Crippen LogP contribution in [0.4, 0.5) is 5.69 Å². The third-order valence-corrected chi connectivity index (χ3v) is 2.73. The van der Waals surface area contributed by atoms with Crippen molar-refractivity contribution in [3.05, 3.63) is 29.3 Å². The normalized spacial score (nSPS) is 19.1. The van der Waals surface area contributed by atoms with Gasteiger partial charge < -0.3 is 10.5 Å². The van der Waals surface area contributed by atoms with Crippen molar-refractivity contribution in [2.45, 2.75) is 18.8 Å². The standard InChI is InChI=1S/C11H13NO2/c1-14-11(13)9-5-3-7-2-4-8(12)6-10(7)9/h2,4,6,9H,3,5,12H2,1H3. The van der Waals surface area contributed by atoms with Gasteiger partial charge in [-0.1, -0.05) is 6.07 Å². The average Bonchev–Trinajstić information content (AvgIpc) is 2.59. The van der Waals surface area contributed by atoms with Crippen molar-refractivity contribution in [3.8, 4) is 0 Å². The second kappa shape index (κ2) is 3.33. The summed E-state index contributed by atoms with van der Waals surface area (Å²) in [5.74, 6) is -0.271. The molecule has 0 saturated heterocycles. The lowest BCUT2D eigenvalue weighted by Crippen LogP contribution is -2.11. The summed E-state index contributed by atoms with van der Waals surface area (Å²) in [5, 5.41) is 0. The molecule has 1 aromatic rings. The number of nitrogen functional groups attached to an aromatic ring is 1. The smallest absolute Gasteiger partial charge is 0.313 e. The number of hydrogen-bond donors (Lipinski definition) is 1. The quantitative estimate of drug-likeness (QED) is 0.540. The van der Waals surface area contributed by atoms with E-state index in [4.69, 9.17) is 10.5 Å². The summed E-state index contributed by atoms with van der Waals surface area (Å²) in [7, 11) is 1.42. The van der Waals surface area contributed by atoms with Crippen LogP contribution in [-0.4, -0.2) is 13.1 Å². The van der Waals surface area contributed by atoms with Crippen LogP contribution >= 0.6 is 0 Å². The Morgan fingerprint density at radius 1 is 1.57 bits per heavy atom. The van der Waals surface area contributed by atoms with Crippen LogP contribution in [0.1, 0.15) is 23.5 Å². The molecule has 0 amide bonds. The van der Waals surface area contributed by atoms with E-state index in [2.05, 4.69) is 0 Å². The zero-order valence-corrected chi connectivity index (χ0v) is 8.12. The van der Waals surface area contributed by atoms with Gasteiger partial charge in [-0.2, -0.15) is 0 Å². The summed E-state index contributed by atoms with van der Waals surface area (Å²) in [4.78, 5) is 11.4. The van der Waals surface area contributed by atoms with Crippen LogP contribution in [0.15, 0.2) is 18.2 Å². The molecule has 3 nitrogen and oxygen atoms in total. The van der Waals surface area contributed by atoms with Crippen LogP contribution < -0.4 is 5.73 Å². The van der Waals surface area contributed by atoms with Crippen molar-refractivity contribution in [3.63, 3.8) is 0 Å². The molecule has 1 atom stereocenters. The van der Waals surface area contributed by atoms with Gasteiger partial charge in [-0.25, -0.2) is 0 Å². The van der Waals surface area contributed by atoms with E-state index in [9.17, 15) is 4.79 Å². The summed E-state index contributed by atoms with van der Waals surface area (Å²) < 4.78 is 4.75. The third kappa shape index (κ3) is 1.35. The number of rotatable bonds is 1. The molecule has 1 unspecified atom stereocenters. The first kappa shape index (κ1) is 9.06. The molecule has 2 N–H and O–H groups in total. The zero-order valence-electron chi connectivity index (χ0n) is 8.12. The van der Waals surface area contributed by atoms with Gasteiger partial charge in [-0.15, -0.1) is 0 Å². The molecule has 1 aliphatic carbocycles. The number of nitrogens with two attached hydrogens (primary N) is 1. The Bertz CT molecular complexity index is 374. The van der Waals surface area contributed by atoms with Crippen molar-refractivity contribution >= 4 is 11.7 Å². The van der Waals surface area contributed by atoms with Gasteiger partial charge in [-0.05, 0) is 36.1 Å². The molecule has 14 heavy (non-hydrogen) atoms. The monoisotopic (exact) mass is 191 g/mol. The first-order valence-electron chi connectivity index (χ1n) is 4.68. The summed E-state index contributed by atoms with van der Waals surface area (Å²) in [6.45, 7) is 0. The minimum absolute atomic E-state index is 0.113. The molecular weight excluding hydrogens is 178 g/mol. The Morgan fingerprint density at radius 2 is 2.36 bits per heavy atom. The molecule has 0 bridgehead atoms. The Balaban J connectivity index is 2.38. The van der Waals surface area contributed by atoms with Crippen molar-refractivity contribution in [2.24, 2.45) is 0 Å². The topological polar surface area (TPSA) is 52.3 Å². The van der Waals surface area contributed by atoms with Gasteiger partial charge in [0.15, 0.2) is 0 Å². The number of esters is 1. The minimum atomic E-state index is -0.158. The van der Waals surface area contributed by atoms with E-state index in [1.54, 1.807) is 0 Å². The first-order chi connectivity index (χ1) is 6.72. The molecule has 74 valence electrons. The maximum absolute atomic E-state index is 11.4. The molecule has 3 heteroatoms. The molecule has 0 aromatic heterocycles. The van der Waals surface area contributed by atoms with E-state index in [1.807, 2.05) is 18.2 Å². The molecule has 0 saturated carbocycles. The summed E-state index contributed by atoms with van der Waals surface area (Å²) >= 11 is 0. The van der Waals surface area contributed by atoms with Crippen molar-refractivity contribution in [2.75, 3.05) is 12.8 Å². The highest BCUT2D eigenvalue weighted by Crippen LogP contribution is 2.34. The van der Waals surface area contributed by atoms with Gasteiger partial charge in [0.05, 0.1) is 13.0 Å². The fourth-order valence-corrected chi connectivity index (χ4v) is 2.01. The Kier molecular flexibility index (Phi) is 2.15. The van der Waals surface area contributed by atoms with Crippen LogP contribution in [0.2, 0.25) is 0 Å². The van der Waals surface area contributed by atoms with Crippen LogP contribution in [0, 0.1) is 0 Å². The largest absolute Gasteiger partial charge is 0.469 e. The van der Waals surface area contributed by atoms with Crippen molar-refractivity contribution < 1.29 is 9.53 Å². The van der Waals surface area contributed by atoms with E-state index in [-0.39, 0.29) is 11.9 Å². The highest BCUT2D eigenvalue weighted by atomic mass is 16.5. The number of anilines is 1. The molecule has 1 aromatic carbocycles. The molecule has 0 radical (unpaired) electrons. The third-order valence-electron chi connectivity index (χ3n) is 2.73. The average molecular weight is 191 g/mol. The van der Waals surface area contributed by atoms with Crippen molar-refractivity contribution in [1.82, 2.24) is 0 Å². The Hall–Kier alpha value is -1.51. The highest BCUT2D eigenvalue weighted by molar-refractivity contribution is 5.80. The maximum atomic E-state index is 11.4. The summed E-state index contributed by atoms with van der Waals surface area (Å²) in [5.41, 5.74) is 8.65. The molecule has 0 fully saturated rings. The van der Waals surface area contributed by atoms with Gasteiger partial charge in [-0.3, -0.25) is 4.79 Å². The molecule has 0 spiro atoms. The number of methoxy groups -OCH3 is 1. The van der Waals surface area contributed by atoms with Crippen molar-refractivity contribution in [1.29, 1.82) is 0 Å². The Labute approximate surface area is 82.9 Å². The highest BCUT2D eigenvalue weighted by Gasteiger charge is 2.29. The van der Waals surface area contributed by atoms with Crippen LogP contribution in [0.25, 0.3) is 0 Å². The van der Waals surface area contributed by atoms with E-state index in [1.165, 1.54) is 12.7 Å². The van der Waals surface area contributed by atoms with Crippen LogP contribution in [0.5, 0.6) is 0 Å². The first-order valence-corrected chi connectivity index (χ1v) is 4.68. The number of benzene rings is 1. The summed E-state index contributed by atoms with van der Waals surface area (Å²) in [6.07, 6.45) is 1.78. The van der Waals surface area contributed by atoms with E-state index in [0.29, 0.717) is 5.69 Å². The van der Waals surface area contributed by atoms with Gasteiger partial charge in [0.2, 0.25) is 0 Å². The molecular formula is C11H13NO2. The molecule has 0 aliphatic heterocycles. The number of hydrogen-bond acceptors (Lipinski definition) is 3. The maximum Gasteiger partial charge on any atom is 0.313 e. The minimum Gasteiger partial charge on any atom is -0.469 e. The van der Waals surface area contributed by atoms with Gasteiger partial charge in [0.25, 0.3) is 0 Å². The van der Waals surface area contributed by atoms with E-state index >= 15 is 0 Å². The lowest BCUT2D eigenvalue weighted by molar-refractivity contribution is -0.142. The van der Waals surface area contributed by atoms with E-state index in [0.717, 1.165) is 18.4 Å². The van der Waals surface area contributed by atoms with Crippen LogP contribution in [0.3, 0.4) is 0 Å². The number of fused-ring (bicyclic) bond motifs is 1. The predicted molar refractivity (Wildman–Crippen MR) is 53.9 cm³/mol. The molecule has 2 rings (SSSR count). The molecule has 1 aliphatic rings. The lowest BCUT2D eigenvalue weighted by atomic mass is 10.0. The summed E-state index contributed by atoms with van der Waals surface area (Å²) in [6, 6.07) is 5.75. The number of carbonyl (C=O) groups excluding carboxylic acids is 1. The van der Waals surface area contributed by atoms with Gasteiger partial charge in [0.1, 0.15) is 0 Å².